The molecule has 152 valence electrons. The molecule has 0 aliphatic carbocycles. The zero-order valence-electron chi connectivity index (χ0n) is 16.3. The number of aryl methyl sites for hydroxylation is 1. The van der Waals surface area contributed by atoms with Gasteiger partial charge in [0, 0.05) is 13.1 Å². The Hall–Kier alpha value is -2.47. The topological polar surface area (TPSA) is 46.8 Å². The van der Waals surface area contributed by atoms with Gasteiger partial charge in [-0.15, -0.1) is 0 Å². The standard InChI is InChI=1S/C22H25ClFN5/c23-20-14-19(11-12-21(20)24)16-29-22(25-26-27-29)28-13-5-10-18(15-28)9-4-8-17-6-2-1-3-7-17/h1-3,6-7,11-12,14,18H,4-5,8-10,13,15-16H2. The number of nitrogens with zero attached hydrogens (tertiary/aromatic N) is 5. The molecule has 7 heteroatoms. The maximum atomic E-state index is 13.4. The van der Waals surface area contributed by atoms with Crippen LogP contribution in [0.25, 0.3) is 0 Å². The first-order valence-electron chi connectivity index (χ1n) is 10.2. The Morgan fingerprint density at radius 3 is 2.79 bits per heavy atom. The van der Waals surface area contributed by atoms with Crippen LogP contribution in [-0.4, -0.2) is 33.3 Å². The number of aromatic nitrogens is 4. The molecule has 0 amide bonds. The molecule has 29 heavy (non-hydrogen) atoms. The van der Waals surface area contributed by atoms with Crippen molar-refractivity contribution in [2.45, 2.75) is 38.6 Å². The molecule has 0 bridgehead atoms. The second kappa shape index (κ2) is 9.35. The molecule has 0 spiro atoms. The maximum absolute atomic E-state index is 13.4. The summed E-state index contributed by atoms with van der Waals surface area (Å²) in [4.78, 5) is 2.28. The molecule has 1 saturated heterocycles. The molecule has 5 nitrogen and oxygen atoms in total. The van der Waals surface area contributed by atoms with E-state index in [1.165, 1.54) is 30.9 Å². The smallest absolute Gasteiger partial charge is 0.245 e. The highest BCUT2D eigenvalue weighted by Gasteiger charge is 2.24. The Kier molecular flexibility index (Phi) is 6.39. The van der Waals surface area contributed by atoms with Crippen molar-refractivity contribution in [1.82, 2.24) is 20.2 Å². The minimum absolute atomic E-state index is 0.119. The van der Waals surface area contributed by atoms with Gasteiger partial charge in [0.2, 0.25) is 5.95 Å². The Morgan fingerprint density at radius 1 is 1.10 bits per heavy atom. The number of anilines is 1. The summed E-state index contributed by atoms with van der Waals surface area (Å²) >= 11 is 5.91. The van der Waals surface area contributed by atoms with Gasteiger partial charge in [0.1, 0.15) is 5.82 Å². The molecule has 0 N–H and O–H groups in total. The van der Waals surface area contributed by atoms with E-state index in [2.05, 4.69) is 50.8 Å². The zero-order chi connectivity index (χ0) is 20.1. The molecular weight excluding hydrogens is 389 g/mol. The quantitative estimate of drug-likeness (QED) is 0.560. The second-order valence-electron chi connectivity index (χ2n) is 7.72. The van der Waals surface area contributed by atoms with Gasteiger partial charge in [-0.25, -0.2) is 9.07 Å². The monoisotopic (exact) mass is 413 g/mol. The number of tetrazole rings is 1. The maximum Gasteiger partial charge on any atom is 0.245 e. The van der Waals surface area contributed by atoms with Gasteiger partial charge in [-0.3, -0.25) is 0 Å². The molecule has 0 radical (unpaired) electrons. The lowest BCUT2D eigenvalue weighted by atomic mass is 9.92. The highest BCUT2D eigenvalue weighted by molar-refractivity contribution is 6.30. The van der Waals surface area contributed by atoms with Gasteiger partial charge >= 0.3 is 0 Å². The Morgan fingerprint density at radius 2 is 1.97 bits per heavy atom. The van der Waals surface area contributed by atoms with E-state index in [1.807, 2.05) is 0 Å². The van der Waals surface area contributed by atoms with Crippen molar-refractivity contribution in [2.24, 2.45) is 5.92 Å². The largest absolute Gasteiger partial charge is 0.339 e. The SMILES string of the molecule is Fc1ccc(Cn2nnnc2N2CCCC(CCCc3ccccc3)C2)cc1Cl. The number of piperidine rings is 1. The van der Waals surface area contributed by atoms with Crippen LogP contribution in [0.5, 0.6) is 0 Å². The molecule has 1 unspecified atom stereocenters. The second-order valence-corrected chi connectivity index (χ2v) is 8.12. The summed E-state index contributed by atoms with van der Waals surface area (Å²) in [6, 6.07) is 15.4. The van der Waals surface area contributed by atoms with Crippen LogP contribution in [0.4, 0.5) is 10.3 Å². The fourth-order valence-corrected chi connectivity index (χ4v) is 4.26. The third-order valence-corrected chi connectivity index (χ3v) is 5.84. The van der Waals surface area contributed by atoms with E-state index in [1.54, 1.807) is 16.8 Å². The molecule has 2 aromatic carbocycles. The minimum atomic E-state index is -0.415. The molecule has 1 aliphatic heterocycles. The summed E-state index contributed by atoms with van der Waals surface area (Å²) in [5.41, 5.74) is 2.28. The van der Waals surface area contributed by atoms with Crippen molar-refractivity contribution in [3.63, 3.8) is 0 Å². The number of hydrogen-bond donors (Lipinski definition) is 0. The highest BCUT2D eigenvalue weighted by Crippen LogP contribution is 2.25. The van der Waals surface area contributed by atoms with Gasteiger partial charge in [-0.1, -0.05) is 53.1 Å². The summed E-state index contributed by atoms with van der Waals surface area (Å²) in [5.74, 6) is 1.01. The molecule has 0 saturated carbocycles. The van der Waals surface area contributed by atoms with Crippen LogP contribution in [-0.2, 0) is 13.0 Å². The molecule has 1 aromatic heterocycles. The highest BCUT2D eigenvalue weighted by atomic mass is 35.5. The molecule has 1 atom stereocenters. The van der Waals surface area contributed by atoms with Gasteiger partial charge in [0.25, 0.3) is 0 Å². The van der Waals surface area contributed by atoms with Crippen molar-refractivity contribution < 1.29 is 4.39 Å². The molecule has 4 rings (SSSR count). The third kappa shape index (κ3) is 5.12. The summed E-state index contributed by atoms with van der Waals surface area (Å²) < 4.78 is 15.2. The van der Waals surface area contributed by atoms with Gasteiger partial charge in [0.05, 0.1) is 11.6 Å². The van der Waals surface area contributed by atoms with Crippen molar-refractivity contribution in [3.8, 4) is 0 Å². The predicted molar refractivity (Wildman–Crippen MR) is 113 cm³/mol. The first-order valence-corrected chi connectivity index (χ1v) is 10.6. The number of hydrogen-bond acceptors (Lipinski definition) is 4. The molecule has 1 aliphatic rings. The first-order chi connectivity index (χ1) is 14.2. The third-order valence-electron chi connectivity index (χ3n) is 5.55. The first kappa shape index (κ1) is 19.8. The van der Waals surface area contributed by atoms with Crippen LogP contribution >= 0.6 is 11.6 Å². The van der Waals surface area contributed by atoms with Crippen molar-refractivity contribution in [2.75, 3.05) is 18.0 Å². The van der Waals surface area contributed by atoms with Gasteiger partial charge in [-0.05, 0) is 71.7 Å². The van der Waals surface area contributed by atoms with Crippen molar-refractivity contribution in [3.05, 3.63) is 70.5 Å². The van der Waals surface area contributed by atoms with E-state index in [4.69, 9.17) is 11.6 Å². The zero-order valence-corrected chi connectivity index (χ0v) is 17.1. The van der Waals surface area contributed by atoms with Crippen molar-refractivity contribution in [1.29, 1.82) is 0 Å². The van der Waals surface area contributed by atoms with Gasteiger partial charge < -0.3 is 4.90 Å². The molecule has 1 fully saturated rings. The predicted octanol–water partition coefficient (Wildman–Crippen LogP) is 4.75. The van der Waals surface area contributed by atoms with Gasteiger partial charge in [-0.2, -0.15) is 0 Å². The minimum Gasteiger partial charge on any atom is -0.339 e. The number of halogens is 2. The van der Waals surface area contributed by atoms with E-state index in [-0.39, 0.29) is 5.02 Å². The van der Waals surface area contributed by atoms with E-state index in [9.17, 15) is 4.39 Å². The Balaban J connectivity index is 1.36. The van der Waals surface area contributed by atoms with E-state index in [0.29, 0.717) is 12.5 Å². The molecule has 2 heterocycles. The summed E-state index contributed by atoms with van der Waals surface area (Å²) in [7, 11) is 0. The summed E-state index contributed by atoms with van der Waals surface area (Å²) in [5, 5.41) is 12.4. The van der Waals surface area contributed by atoms with Crippen LogP contribution in [0.15, 0.2) is 48.5 Å². The van der Waals surface area contributed by atoms with Gasteiger partial charge in [0.15, 0.2) is 0 Å². The molecule has 3 aromatic rings. The van der Waals surface area contributed by atoms with E-state index >= 15 is 0 Å². The number of rotatable bonds is 7. The van der Waals surface area contributed by atoms with E-state index < -0.39 is 5.82 Å². The van der Waals surface area contributed by atoms with E-state index in [0.717, 1.165) is 37.4 Å². The van der Waals surface area contributed by atoms with Crippen LogP contribution in [0.2, 0.25) is 5.02 Å². The normalized spacial score (nSPS) is 16.9. The Bertz CT molecular complexity index is 930. The van der Waals surface area contributed by atoms with Crippen molar-refractivity contribution >= 4 is 17.5 Å². The van der Waals surface area contributed by atoms with Crippen LogP contribution in [0.1, 0.15) is 36.8 Å². The summed E-state index contributed by atoms with van der Waals surface area (Å²) in [6.07, 6.45) is 5.92. The average Bonchev–Trinajstić information content (AvgIpc) is 3.20. The lowest BCUT2D eigenvalue weighted by molar-refractivity contribution is 0.376. The fraction of sp³-hybridized carbons (Fsp3) is 0.409. The lowest BCUT2D eigenvalue weighted by Gasteiger charge is -2.33. The number of benzene rings is 2. The van der Waals surface area contributed by atoms with Crippen LogP contribution < -0.4 is 4.90 Å². The lowest BCUT2D eigenvalue weighted by Crippen LogP contribution is -2.37. The average molecular weight is 414 g/mol. The Labute approximate surface area is 175 Å². The summed E-state index contributed by atoms with van der Waals surface area (Å²) in [6.45, 7) is 2.40. The fourth-order valence-electron chi connectivity index (χ4n) is 4.06. The van der Waals surface area contributed by atoms with Crippen LogP contribution in [0, 0.1) is 11.7 Å². The van der Waals surface area contributed by atoms with Crippen LogP contribution in [0.3, 0.4) is 0 Å². The molecular formula is C22H25ClFN5.